The Hall–Kier alpha value is -0.220. The van der Waals surface area contributed by atoms with Gasteiger partial charge >= 0.3 is 0 Å². The first-order chi connectivity index (χ1) is 6.61. The molecule has 1 N–H and O–H groups in total. The molecule has 0 saturated carbocycles. The van der Waals surface area contributed by atoms with Gasteiger partial charge in [0.05, 0.1) is 12.6 Å². The molecule has 1 amide bonds. The van der Waals surface area contributed by atoms with Crippen LogP contribution in [-0.2, 0) is 9.53 Å². The molecule has 0 bridgehead atoms. The largest absolute Gasteiger partial charge is 0.380 e. The van der Waals surface area contributed by atoms with Gasteiger partial charge in [0.15, 0.2) is 0 Å². The van der Waals surface area contributed by atoms with Crippen molar-refractivity contribution in [3.8, 4) is 0 Å². The summed E-state index contributed by atoms with van der Waals surface area (Å²) in [7, 11) is 0. The Morgan fingerprint density at radius 2 is 2.14 bits per heavy atom. The Balaban J connectivity index is 3.89. The first kappa shape index (κ1) is 13.8. The number of hydrogen-bond acceptors (Lipinski definition) is 3. The van der Waals surface area contributed by atoms with Gasteiger partial charge in [-0.05, 0) is 18.6 Å². The molecule has 3 nitrogen and oxygen atoms in total. The van der Waals surface area contributed by atoms with Gasteiger partial charge in [0.2, 0.25) is 5.91 Å². The zero-order valence-corrected chi connectivity index (χ0v) is 10.1. The number of ether oxygens (including phenoxy) is 1. The third-order valence-corrected chi connectivity index (χ3v) is 2.22. The Morgan fingerprint density at radius 3 is 2.57 bits per heavy atom. The fourth-order valence-corrected chi connectivity index (χ4v) is 1.23. The van der Waals surface area contributed by atoms with Gasteiger partial charge in [-0.2, -0.15) is 12.6 Å². The summed E-state index contributed by atoms with van der Waals surface area (Å²) in [6, 6.07) is 0.113. The first-order valence-corrected chi connectivity index (χ1v) is 5.73. The lowest BCUT2D eigenvalue weighted by Gasteiger charge is -2.21. The molecule has 0 aromatic carbocycles. The summed E-state index contributed by atoms with van der Waals surface area (Å²) in [6.07, 6.45) is 0.471. The number of rotatable bonds is 7. The van der Waals surface area contributed by atoms with Crippen LogP contribution in [0.15, 0.2) is 0 Å². The maximum atomic E-state index is 11.3. The highest BCUT2D eigenvalue weighted by Crippen LogP contribution is 2.02. The minimum absolute atomic E-state index is 0.0541. The van der Waals surface area contributed by atoms with Gasteiger partial charge in [0.1, 0.15) is 0 Å². The van der Waals surface area contributed by atoms with E-state index in [1.807, 2.05) is 6.92 Å². The highest BCUT2D eigenvalue weighted by Gasteiger charge is 2.15. The second-order valence-corrected chi connectivity index (χ2v) is 4.00. The average molecular weight is 219 g/mol. The van der Waals surface area contributed by atoms with E-state index in [2.05, 4.69) is 31.8 Å². The van der Waals surface area contributed by atoms with E-state index in [1.165, 1.54) is 0 Å². The van der Waals surface area contributed by atoms with Crippen molar-refractivity contribution in [2.75, 3.05) is 19.0 Å². The molecule has 84 valence electrons. The van der Waals surface area contributed by atoms with Gasteiger partial charge in [0.25, 0.3) is 0 Å². The molecule has 1 atom stereocenters. The molecule has 0 aliphatic carbocycles. The molecule has 0 aromatic heterocycles. The quantitative estimate of drug-likeness (QED) is 0.637. The van der Waals surface area contributed by atoms with Crippen LogP contribution in [0.1, 0.15) is 27.2 Å². The minimum Gasteiger partial charge on any atom is -0.380 e. The smallest absolute Gasteiger partial charge is 0.221 e. The Kier molecular flexibility index (Phi) is 7.99. The minimum atomic E-state index is 0.0541. The molecule has 0 rings (SSSR count). The molecule has 0 spiro atoms. The number of nitrogens with one attached hydrogen (secondary N) is 1. The molecule has 4 heteroatoms. The third-order valence-electron chi connectivity index (χ3n) is 1.99. The van der Waals surface area contributed by atoms with E-state index in [9.17, 15) is 4.79 Å². The average Bonchev–Trinajstić information content (AvgIpc) is 2.12. The molecular formula is C10H21NO2S. The Bertz CT molecular complexity index is 162. The topological polar surface area (TPSA) is 38.3 Å². The van der Waals surface area contributed by atoms with E-state index in [0.29, 0.717) is 31.3 Å². The molecule has 0 aliphatic rings. The lowest BCUT2D eigenvalue weighted by molar-refractivity contribution is -0.122. The van der Waals surface area contributed by atoms with Crippen LogP contribution in [0.3, 0.4) is 0 Å². The van der Waals surface area contributed by atoms with Crippen molar-refractivity contribution in [2.45, 2.75) is 33.2 Å². The molecule has 0 aromatic rings. The van der Waals surface area contributed by atoms with Crippen molar-refractivity contribution in [3.05, 3.63) is 0 Å². The normalized spacial score (nSPS) is 12.9. The number of carbonyl (C=O) groups is 1. The van der Waals surface area contributed by atoms with Crippen LogP contribution in [-0.4, -0.2) is 30.9 Å². The zero-order valence-electron chi connectivity index (χ0n) is 9.25. The van der Waals surface area contributed by atoms with Crippen molar-refractivity contribution in [1.82, 2.24) is 5.32 Å². The van der Waals surface area contributed by atoms with E-state index in [4.69, 9.17) is 4.74 Å². The fourth-order valence-electron chi connectivity index (χ4n) is 1.03. The molecule has 1 unspecified atom stereocenters. The van der Waals surface area contributed by atoms with Crippen LogP contribution in [0.4, 0.5) is 0 Å². The number of carbonyl (C=O) groups excluding carboxylic acids is 1. The van der Waals surface area contributed by atoms with Crippen LogP contribution in [0.2, 0.25) is 0 Å². The van der Waals surface area contributed by atoms with Crippen molar-refractivity contribution in [1.29, 1.82) is 0 Å². The molecular weight excluding hydrogens is 198 g/mol. The van der Waals surface area contributed by atoms with E-state index in [-0.39, 0.29) is 11.9 Å². The van der Waals surface area contributed by atoms with E-state index in [0.717, 1.165) is 0 Å². The molecule has 0 radical (unpaired) electrons. The van der Waals surface area contributed by atoms with Crippen molar-refractivity contribution in [3.63, 3.8) is 0 Å². The van der Waals surface area contributed by atoms with Crippen LogP contribution in [0, 0.1) is 5.92 Å². The van der Waals surface area contributed by atoms with Gasteiger partial charge in [-0.3, -0.25) is 4.79 Å². The molecule has 0 heterocycles. The number of thiol groups is 1. The van der Waals surface area contributed by atoms with E-state index < -0.39 is 0 Å². The molecule has 0 fully saturated rings. The fraction of sp³-hybridized carbons (Fsp3) is 0.900. The highest BCUT2D eigenvalue weighted by molar-refractivity contribution is 7.80. The lowest BCUT2D eigenvalue weighted by atomic mass is 10.1. The van der Waals surface area contributed by atoms with Gasteiger partial charge < -0.3 is 10.1 Å². The standard InChI is InChI=1S/C10H21NO2S/c1-4-13-7-9(8(2)3)11-10(12)5-6-14/h8-9,14H,4-7H2,1-3H3,(H,11,12). The van der Waals surface area contributed by atoms with Crippen LogP contribution >= 0.6 is 12.6 Å². The number of amides is 1. The van der Waals surface area contributed by atoms with Gasteiger partial charge in [-0.1, -0.05) is 13.8 Å². The summed E-state index contributed by atoms with van der Waals surface area (Å²) in [5.74, 6) is 1.04. The van der Waals surface area contributed by atoms with Crippen LogP contribution in [0.5, 0.6) is 0 Å². The summed E-state index contributed by atoms with van der Waals surface area (Å²) in [5.41, 5.74) is 0. The van der Waals surface area contributed by atoms with Gasteiger partial charge in [-0.15, -0.1) is 0 Å². The Labute approximate surface area is 92.0 Å². The van der Waals surface area contributed by atoms with Crippen molar-refractivity contribution >= 4 is 18.5 Å². The van der Waals surface area contributed by atoms with E-state index >= 15 is 0 Å². The van der Waals surface area contributed by atoms with E-state index in [1.54, 1.807) is 0 Å². The first-order valence-electron chi connectivity index (χ1n) is 5.09. The van der Waals surface area contributed by atoms with Crippen molar-refractivity contribution in [2.24, 2.45) is 5.92 Å². The summed E-state index contributed by atoms with van der Waals surface area (Å²) in [5, 5.41) is 2.94. The SMILES string of the molecule is CCOCC(NC(=O)CCS)C(C)C. The van der Waals surface area contributed by atoms with Crippen molar-refractivity contribution < 1.29 is 9.53 Å². The maximum Gasteiger partial charge on any atom is 0.221 e. The molecule has 14 heavy (non-hydrogen) atoms. The summed E-state index contributed by atoms with van der Waals surface area (Å²) >= 11 is 4.01. The van der Waals surface area contributed by atoms with Gasteiger partial charge in [-0.25, -0.2) is 0 Å². The summed E-state index contributed by atoms with van der Waals surface area (Å²) < 4.78 is 5.30. The maximum absolute atomic E-state index is 11.3. The Morgan fingerprint density at radius 1 is 1.50 bits per heavy atom. The van der Waals surface area contributed by atoms with Crippen LogP contribution in [0.25, 0.3) is 0 Å². The molecule has 0 saturated heterocycles. The number of hydrogen-bond donors (Lipinski definition) is 2. The van der Waals surface area contributed by atoms with Crippen LogP contribution < -0.4 is 5.32 Å². The molecule has 0 aliphatic heterocycles. The lowest BCUT2D eigenvalue weighted by Crippen LogP contribution is -2.41. The predicted molar refractivity (Wildman–Crippen MR) is 61.7 cm³/mol. The summed E-state index contributed by atoms with van der Waals surface area (Å²) in [6.45, 7) is 7.38. The summed E-state index contributed by atoms with van der Waals surface area (Å²) in [4.78, 5) is 11.3. The second-order valence-electron chi connectivity index (χ2n) is 3.55. The second kappa shape index (κ2) is 8.12. The zero-order chi connectivity index (χ0) is 11.0. The third kappa shape index (κ3) is 6.27. The predicted octanol–water partition coefficient (Wildman–Crippen LogP) is 1.48. The van der Waals surface area contributed by atoms with Gasteiger partial charge in [0, 0.05) is 13.0 Å². The highest BCUT2D eigenvalue weighted by atomic mass is 32.1. The monoisotopic (exact) mass is 219 g/mol.